The molecule has 0 spiro atoms. The third-order valence-corrected chi connectivity index (χ3v) is 4.93. The third-order valence-electron chi connectivity index (χ3n) is 3.82. The molecule has 1 aromatic carbocycles. The van der Waals surface area contributed by atoms with Crippen molar-refractivity contribution < 1.29 is 13.5 Å². The zero-order valence-electron chi connectivity index (χ0n) is 10.9. The van der Waals surface area contributed by atoms with Gasteiger partial charge >= 0.3 is 0 Å². The molecule has 0 unspecified atom stereocenters. The second-order valence-electron chi connectivity index (χ2n) is 5.59. The Kier molecular flexibility index (Phi) is 2.94. The average Bonchev–Trinajstić information content (AvgIpc) is 2.52. The van der Waals surface area contributed by atoms with Crippen LogP contribution >= 0.6 is 0 Å². The molecule has 0 bridgehead atoms. The zero-order chi connectivity index (χ0) is 13.7. The standard InChI is InChI=1S/C13H19NO3S/c1-13(2)5-4-8-9(7-14)12(15)11(6-10(8)13)18(3,16)17/h6,15H,4-5,7,14H2,1-3H3. The van der Waals surface area contributed by atoms with Gasteiger partial charge in [-0.3, -0.25) is 0 Å². The molecule has 18 heavy (non-hydrogen) atoms. The number of phenolic OH excluding ortho intramolecular Hbond substituents is 1. The van der Waals surface area contributed by atoms with Gasteiger partial charge in [-0.1, -0.05) is 13.8 Å². The first-order valence-corrected chi connectivity index (χ1v) is 7.86. The normalized spacial score (nSPS) is 17.8. The number of aromatic hydroxyl groups is 1. The largest absolute Gasteiger partial charge is 0.506 e. The number of fused-ring (bicyclic) bond motifs is 1. The topological polar surface area (TPSA) is 80.4 Å². The maximum absolute atomic E-state index is 11.7. The fraction of sp³-hybridized carbons (Fsp3) is 0.538. The molecule has 0 saturated heterocycles. The van der Waals surface area contributed by atoms with E-state index >= 15 is 0 Å². The fourth-order valence-corrected chi connectivity index (χ4v) is 3.51. The Labute approximate surface area is 108 Å². The van der Waals surface area contributed by atoms with E-state index in [0.717, 1.165) is 30.2 Å². The van der Waals surface area contributed by atoms with E-state index in [9.17, 15) is 13.5 Å². The summed E-state index contributed by atoms with van der Waals surface area (Å²) in [6.07, 6.45) is 2.89. The molecule has 100 valence electrons. The van der Waals surface area contributed by atoms with Crippen LogP contribution < -0.4 is 5.73 Å². The Morgan fingerprint density at radius 2 is 2.06 bits per heavy atom. The van der Waals surface area contributed by atoms with Crippen molar-refractivity contribution in [2.45, 2.75) is 43.5 Å². The van der Waals surface area contributed by atoms with Crippen molar-refractivity contribution in [1.29, 1.82) is 0 Å². The highest BCUT2D eigenvalue weighted by Gasteiger charge is 2.34. The first-order valence-electron chi connectivity index (χ1n) is 5.97. The van der Waals surface area contributed by atoms with Gasteiger partial charge in [0.1, 0.15) is 10.6 Å². The Bertz CT molecular complexity index is 603. The summed E-state index contributed by atoms with van der Waals surface area (Å²) in [5.74, 6) is -0.170. The highest BCUT2D eigenvalue weighted by Crippen LogP contribution is 2.44. The van der Waals surface area contributed by atoms with Crippen molar-refractivity contribution >= 4 is 9.84 Å². The molecule has 0 amide bonds. The van der Waals surface area contributed by atoms with Gasteiger partial charge in [-0.2, -0.15) is 0 Å². The van der Waals surface area contributed by atoms with E-state index in [1.807, 2.05) is 0 Å². The second kappa shape index (κ2) is 3.96. The number of nitrogens with two attached hydrogens (primary N) is 1. The van der Waals surface area contributed by atoms with Gasteiger partial charge in [0.05, 0.1) is 0 Å². The summed E-state index contributed by atoms with van der Waals surface area (Å²) in [5, 5.41) is 10.1. The fourth-order valence-electron chi connectivity index (χ4n) is 2.70. The monoisotopic (exact) mass is 269 g/mol. The van der Waals surface area contributed by atoms with Crippen LogP contribution in [0.2, 0.25) is 0 Å². The Morgan fingerprint density at radius 1 is 1.44 bits per heavy atom. The molecule has 0 radical (unpaired) electrons. The minimum atomic E-state index is -3.44. The first kappa shape index (κ1) is 13.4. The molecule has 0 saturated carbocycles. The predicted octanol–water partition coefficient (Wildman–Crippen LogP) is 1.48. The van der Waals surface area contributed by atoms with Crippen LogP contribution in [0, 0.1) is 0 Å². The molecule has 1 aliphatic rings. The van der Waals surface area contributed by atoms with Crippen LogP contribution in [0.4, 0.5) is 0 Å². The summed E-state index contributed by atoms with van der Waals surface area (Å²) >= 11 is 0. The van der Waals surface area contributed by atoms with Crippen molar-refractivity contribution in [1.82, 2.24) is 0 Å². The van der Waals surface area contributed by atoms with E-state index in [1.165, 1.54) is 0 Å². The van der Waals surface area contributed by atoms with E-state index in [0.29, 0.717) is 5.56 Å². The highest BCUT2D eigenvalue weighted by molar-refractivity contribution is 7.90. The minimum Gasteiger partial charge on any atom is -0.506 e. The summed E-state index contributed by atoms with van der Waals surface area (Å²) < 4.78 is 23.5. The SMILES string of the molecule is CC1(C)CCc2c1cc(S(C)(=O)=O)c(O)c2CN. The summed E-state index contributed by atoms with van der Waals surface area (Å²) in [4.78, 5) is -0.00308. The Balaban J connectivity index is 2.83. The smallest absolute Gasteiger partial charge is 0.179 e. The van der Waals surface area contributed by atoms with Crippen LogP contribution in [0.3, 0.4) is 0 Å². The minimum absolute atomic E-state index is 0.00308. The predicted molar refractivity (Wildman–Crippen MR) is 70.5 cm³/mol. The summed E-state index contributed by atoms with van der Waals surface area (Å²) in [7, 11) is -3.44. The number of benzene rings is 1. The van der Waals surface area contributed by atoms with Crippen LogP contribution in [0.1, 0.15) is 37.0 Å². The summed E-state index contributed by atoms with van der Waals surface area (Å²) in [6.45, 7) is 4.33. The van der Waals surface area contributed by atoms with E-state index in [1.54, 1.807) is 6.07 Å². The lowest BCUT2D eigenvalue weighted by atomic mass is 9.86. The van der Waals surface area contributed by atoms with Gasteiger partial charge in [-0.25, -0.2) is 8.42 Å². The van der Waals surface area contributed by atoms with E-state index in [2.05, 4.69) is 13.8 Å². The van der Waals surface area contributed by atoms with Crippen molar-refractivity contribution in [3.8, 4) is 5.75 Å². The van der Waals surface area contributed by atoms with Crippen molar-refractivity contribution in [2.24, 2.45) is 5.73 Å². The van der Waals surface area contributed by atoms with Crippen LogP contribution in [-0.4, -0.2) is 19.8 Å². The first-order chi connectivity index (χ1) is 8.18. The molecule has 3 N–H and O–H groups in total. The molecular weight excluding hydrogens is 250 g/mol. The van der Waals surface area contributed by atoms with E-state index < -0.39 is 9.84 Å². The van der Waals surface area contributed by atoms with Gasteiger partial charge in [-0.15, -0.1) is 0 Å². The second-order valence-corrected chi connectivity index (χ2v) is 7.57. The van der Waals surface area contributed by atoms with Crippen LogP contribution in [0.25, 0.3) is 0 Å². The third kappa shape index (κ3) is 1.91. The van der Waals surface area contributed by atoms with Gasteiger partial charge in [0.15, 0.2) is 9.84 Å². The Morgan fingerprint density at radius 3 is 2.56 bits per heavy atom. The number of sulfone groups is 1. The lowest BCUT2D eigenvalue weighted by Crippen LogP contribution is -2.14. The van der Waals surface area contributed by atoms with Gasteiger partial charge in [0.2, 0.25) is 0 Å². The van der Waals surface area contributed by atoms with Gasteiger partial charge in [-0.05, 0) is 35.4 Å². The maximum Gasteiger partial charge on any atom is 0.179 e. The van der Waals surface area contributed by atoms with Crippen molar-refractivity contribution in [2.75, 3.05) is 6.26 Å². The number of phenols is 1. The van der Waals surface area contributed by atoms with Crippen LogP contribution in [0.15, 0.2) is 11.0 Å². The summed E-state index contributed by atoms with van der Waals surface area (Å²) in [6, 6.07) is 1.62. The number of hydrogen-bond donors (Lipinski definition) is 2. The van der Waals surface area contributed by atoms with Crippen LogP contribution in [0.5, 0.6) is 5.75 Å². The quantitative estimate of drug-likeness (QED) is 0.852. The molecule has 0 aromatic heterocycles. The summed E-state index contributed by atoms with van der Waals surface area (Å²) in [5.41, 5.74) is 8.21. The zero-order valence-corrected chi connectivity index (χ0v) is 11.8. The van der Waals surface area contributed by atoms with Crippen LogP contribution in [-0.2, 0) is 28.2 Å². The molecule has 0 fully saturated rings. The molecule has 4 nitrogen and oxygen atoms in total. The molecule has 0 aliphatic heterocycles. The molecule has 1 aromatic rings. The van der Waals surface area contributed by atoms with Crippen molar-refractivity contribution in [3.63, 3.8) is 0 Å². The highest BCUT2D eigenvalue weighted by atomic mass is 32.2. The molecule has 0 heterocycles. The molecule has 0 atom stereocenters. The van der Waals surface area contributed by atoms with Crippen molar-refractivity contribution in [3.05, 3.63) is 22.8 Å². The lowest BCUT2D eigenvalue weighted by Gasteiger charge is -2.21. The maximum atomic E-state index is 11.7. The van der Waals surface area contributed by atoms with Gasteiger partial charge < -0.3 is 10.8 Å². The number of hydrogen-bond acceptors (Lipinski definition) is 4. The Hall–Kier alpha value is -1.07. The van der Waals surface area contributed by atoms with Gasteiger partial charge in [0.25, 0.3) is 0 Å². The average molecular weight is 269 g/mol. The van der Waals surface area contributed by atoms with E-state index in [4.69, 9.17) is 5.73 Å². The lowest BCUT2D eigenvalue weighted by molar-refractivity contribution is 0.450. The van der Waals surface area contributed by atoms with E-state index in [-0.39, 0.29) is 22.6 Å². The van der Waals surface area contributed by atoms with Gasteiger partial charge in [0, 0.05) is 18.4 Å². The number of rotatable bonds is 2. The molecule has 2 rings (SSSR count). The molecule has 5 heteroatoms. The molecular formula is C13H19NO3S. The molecule has 1 aliphatic carbocycles.